The molecule has 0 amide bonds. The minimum absolute atomic E-state index is 0.335. The summed E-state index contributed by atoms with van der Waals surface area (Å²) in [5, 5.41) is 12.6. The van der Waals surface area contributed by atoms with Gasteiger partial charge in [-0.15, -0.1) is 0 Å². The number of nitrogens with one attached hydrogen (secondary N) is 1. The molecule has 90 valence electrons. The minimum Gasteiger partial charge on any atom is -0.496 e. The van der Waals surface area contributed by atoms with Crippen LogP contribution in [0.5, 0.6) is 5.75 Å². The minimum atomic E-state index is -0.493. The number of aliphatic hydroxyl groups is 1. The second kappa shape index (κ2) is 6.35. The van der Waals surface area contributed by atoms with E-state index in [1.165, 1.54) is 0 Å². The summed E-state index contributed by atoms with van der Waals surface area (Å²) >= 11 is 0. The largest absolute Gasteiger partial charge is 0.496 e. The van der Waals surface area contributed by atoms with Gasteiger partial charge in [0, 0.05) is 19.3 Å². The van der Waals surface area contributed by atoms with Gasteiger partial charge in [0.1, 0.15) is 5.75 Å². The van der Waals surface area contributed by atoms with E-state index < -0.39 is 6.10 Å². The Morgan fingerprint density at radius 3 is 2.69 bits per heavy atom. The van der Waals surface area contributed by atoms with Crippen LogP contribution in [0.25, 0.3) is 0 Å². The van der Waals surface area contributed by atoms with E-state index in [2.05, 4.69) is 5.32 Å². The van der Waals surface area contributed by atoms with Crippen LogP contribution in [0.15, 0.2) is 18.2 Å². The maximum atomic E-state index is 9.47. The maximum absolute atomic E-state index is 9.47. The molecule has 1 rings (SSSR count). The van der Waals surface area contributed by atoms with E-state index in [-0.39, 0.29) is 0 Å². The number of aliphatic hydroxyl groups excluding tert-OH is 1. The summed E-state index contributed by atoms with van der Waals surface area (Å²) in [4.78, 5) is 0. The Kier molecular flexibility index (Phi) is 5.08. The van der Waals surface area contributed by atoms with Gasteiger partial charge in [0.15, 0.2) is 0 Å². The van der Waals surface area contributed by atoms with Gasteiger partial charge in [0.25, 0.3) is 0 Å². The van der Waals surface area contributed by atoms with Crippen molar-refractivity contribution in [3.05, 3.63) is 23.8 Å². The van der Waals surface area contributed by atoms with Crippen LogP contribution in [0.1, 0.15) is 5.56 Å². The SMILES string of the molecule is COCC(O)CNc1ccc(OC)c(C)c1. The highest BCUT2D eigenvalue weighted by atomic mass is 16.5. The Balaban J connectivity index is 2.51. The van der Waals surface area contributed by atoms with E-state index in [9.17, 15) is 5.11 Å². The highest BCUT2D eigenvalue weighted by molar-refractivity contribution is 5.50. The van der Waals surface area contributed by atoms with Crippen molar-refractivity contribution in [3.63, 3.8) is 0 Å². The summed E-state index contributed by atoms with van der Waals surface area (Å²) in [6, 6.07) is 5.81. The molecule has 0 aromatic heterocycles. The van der Waals surface area contributed by atoms with Crippen LogP contribution in [0.4, 0.5) is 5.69 Å². The third-order valence-corrected chi connectivity index (χ3v) is 2.30. The first-order chi connectivity index (χ1) is 7.67. The molecule has 0 fully saturated rings. The smallest absolute Gasteiger partial charge is 0.121 e. The van der Waals surface area contributed by atoms with Crippen molar-refractivity contribution in [1.29, 1.82) is 0 Å². The summed E-state index contributed by atoms with van der Waals surface area (Å²) in [5.74, 6) is 0.864. The zero-order chi connectivity index (χ0) is 12.0. The number of ether oxygens (including phenoxy) is 2. The first kappa shape index (κ1) is 12.8. The van der Waals surface area contributed by atoms with Gasteiger partial charge in [-0.2, -0.15) is 0 Å². The molecule has 0 aliphatic carbocycles. The van der Waals surface area contributed by atoms with Crippen molar-refractivity contribution >= 4 is 5.69 Å². The molecule has 16 heavy (non-hydrogen) atoms. The highest BCUT2D eigenvalue weighted by Gasteiger charge is 2.04. The second-order valence-corrected chi connectivity index (χ2v) is 3.67. The highest BCUT2D eigenvalue weighted by Crippen LogP contribution is 2.21. The molecule has 1 aromatic rings. The number of rotatable bonds is 6. The Labute approximate surface area is 96.2 Å². The van der Waals surface area contributed by atoms with Gasteiger partial charge in [-0.1, -0.05) is 0 Å². The summed E-state index contributed by atoms with van der Waals surface area (Å²) in [7, 11) is 3.22. The molecular formula is C12H19NO3. The number of benzene rings is 1. The Morgan fingerprint density at radius 1 is 1.38 bits per heavy atom. The predicted molar refractivity (Wildman–Crippen MR) is 64.1 cm³/mol. The molecule has 0 bridgehead atoms. The quantitative estimate of drug-likeness (QED) is 0.769. The van der Waals surface area contributed by atoms with Crippen LogP contribution in [0.3, 0.4) is 0 Å². The number of hydrogen-bond acceptors (Lipinski definition) is 4. The van der Waals surface area contributed by atoms with E-state index in [0.717, 1.165) is 17.0 Å². The number of methoxy groups -OCH3 is 2. The van der Waals surface area contributed by atoms with Crippen molar-refractivity contribution in [2.45, 2.75) is 13.0 Å². The molecule has 0 radical (unpaired) electrons. The zero-order valence-corrected chi connectivity index (χ0v) is 9.99. The van der Waals surface area contributed by atoms with Gasteiger partial charge >= 0.3 is 0 Å². The van der Waals surface area contributed by atoms with Crippen molar-refractivity contribution in [1.82, 2.24) is 0 Å². The lowest BCUT2D eigenvalue weighted by molar-refractivity contribution is 0.0727. The van der Waals surface area contributed by atoms with Crippen LogP contribution in [-0.4, -0.2) is 38.6 Å². The molecule has 1 atom stereocenters. The van der Waals surface area contributed by atoms with Gasteiger partial charge in [-0.3, -0.25) is 0 Å². The summed E-state index contributed by atoms with van der Waals surface area (Å²) in [6.07, 6.45) is -0.493. The molecular weight excluding hydrogens is 206 g/mol. The van der Waals surface area contributed by atoms with Crippen molar-refractivity contribution in [2.24, 2.45) is 0 Å². The maximum Gasteiger partial charge on any atom is 0.121 e. The van der Waals surface area contributed by atoms with Gasteiger partial charge in [0.2, 0.25) is 0 Å². The summed E-state index contributed by atoms with van der Waals surface area (Å²) < 4.78 is 10.0. The molecule has 0 aliphatic rings. The fourth-order valence-electron chi connectivity index (χ4n) is 1.48. The lowest BCUT2D eigenvalue weighted by Crippen LogP contribution is -2.24. The second-order valence-electron chi connectivity index (χ2n) is 3.67. The van der Waals surface area contributed by atoms with E-state index in [1.54, 1.807) is 14.2 Å². The monoisotopic (exact) mass is 225 g/mol. The first-order valence-electron chi connectivity index (χ1n) is 5.23. The third kappa shape index (κ3) is 3.72. The lowest BCUT2D eigenvalue weighted by Gasteiger charge is -2.13. The Bertz CT molecular complexity index is 328. The number of hydrogen-bond donors (Lipinski definition) is 2. The molecule has 0 saturated heterocycles. The molecule has 0 saturated carbocycles. The summed E-state index contributed by atoms with van der Waals surface area (Å²) in [5.41, 5.74) is 2.03. The van der Waals surface area contributed by atoms with E-state index in [0.29, 0.717) is 13.2 Å². The van der Waals surface area contributed by atoms with Crippen molar-refractivity contribution in [3.8, 4) is 5.75 Å². The fraction of sp³-hybridized carbons (Fsp3) is 0.500. The standard InChI is InChI=1S/C12H19NO3/c1-9-6-10(4-5-12(9)16-3)13-7-11(14)8-15-2/h4-6,11,13-14H,7-8H2,1-3H3. The normalized spacial score (nSPS) is 12.2. The molecule has 4 nitrogen and oxygen atoms in total. The predicted octanol–water partition coefficient (Wildman–Crippen LogP) is 1.42. The van der Waals surface area contributed by atoms with E-state index >= 15 is 0 Å². The molecule has 4 heteroatoms. The van der Waals surface area contributed by atoms with E-state index in [1.807, 2.05) is 25.1 Å². The van der Waals surface area contributed by atoms with Gasteiger partial charge in [-0.25, -0.2) is 0 Å². The number of aryl methyl sites for hydroxylation is 1. The Morgan fingerprint density at radius 2 is 2.12 bits per heavy atom. The molecule has 1 aromatic carbocycles. The first-order valence-corrected chi connectivity index (χ1v) is 5.23. The molecule has 0 heterocycles. The van der Waals surface area contributed by atoms with Gasteiger partial charge in [0.05, 0.1) is 19.8 Å². The lowest BCUT2D eigenvalue weighted by atomic mass is 10.2. The van der Waals surface area contributed by atoms with Gasteiger partial charge in [-0.05, 0) is 30.7 Å². The summed E-state index contributed by atoms with van der Waals surface area (Å²) in [6.45, 7) is 2.79. The number of anilines is 1. The van der Waals surface area contributed by atoms with Crippen molar-refractivity contribution in [2.75, 3.05) is 32.7 Å². The molecule has 0 aliphatic heterocycles. The average Bonchev–Trinajstić information content (AvgIpc) is 2.27. The zero-order valence-electron chi connectivity index (χ0n) is 9.99. The van der Waals surface area contributed by atoms with Gasteiger partial charge < -0.3 is 19.9 Å². The van der Waals surface area contributed by atoms with E-state index in [4.69, 9.17) is 9.47 Å². The third-order valence-electron chi connectivity index (χ3n) is 2.30. The molecule has 1 unspecified atom stereocenters. The molecule has 2 N–H and O–H groups in total. The average molecular weight is 225 g/mol. The van der Waals surface area contributed by atoms with Crippen LogP contribution in [0, 0.1) is 6.92 Å². The van der Waals surface area contributed by atoms with Crippen LogP contribution in [-0.2, 0) is 4.74 Å². The van der Waals surface area contributed by atoms with Crippen LogP contribution >= 0.6 is 0 Å². The van der Waals surface area contributed by atoms with Crippen molar-refractivity contribution < 1.29 is 14.6 Å². The fourth-order valence-corrected chi connectivity index (χ4v) is 1.48. The molecule has 0 spiro atoms. The van der Waals surface area contributed by atoms with Crippen LogP contribution < -0.4 is 10.1 Å². The Hall–Kier alpha value is -1.26. The van der Waals surface area contributed by atoms with Crippen LogP contribution in [0.2, 0.25) is 0 Å². The topological polar surface area (TPSA) is 50.7 Å².